The molecule has 3 rings (SSSR count). The van der Waals surface area contributed by atoms with E-state index < -0.39 is 0 Å². The minimum atomic E-state index is -0.0887. The summed E-state index contributed by atoms with van der Waals surface area (Å²) in [5, 5.41) is 0. The molecule has 0 N–H and O–H groups in total. The van der Waals surface area contributed by atoms with Gasteiger partial charge in [-0.05, 0) is 86.6 Å². The van der Waals surface area contributed by atoms with Crippen LogP contribution in [-0.2, 0) is 4.79 Å². The van der Waals surface area contributed by atoms with Crippen LogP contribution in [0.15, 0.2) is 48.5 Å². The molecule has 0 aromatic heterocycles. The monoisotopic (exact) mass is 404 g/mol. The maximum Gasteiger partial charge on any atom is 0.314 e. The number of hydrogen-bond acceptors (Lipinski definition) is 3. The maximum atomic E-state index is 12.5. The number of carbonyl (C=O) groups is 1. The molecule has 0 heterocycles. The van der Waals surface area contributed by atoms with Gasteiger partial charge in [-0.2, -0.15) is 0 Å². The lowest BCUT2D eigenvalue weighted by Gasteiger charge is -2.26. The summed E-state index contributed by atoms with van der Waals surface area (Å²) in [6.07, 6.45) is 7.70. The van der Waals surface area contributed by atoms with Gasteiger partial charge in [0.2, 0.25) is 0 Å². The number of esters is 1. The standard InChI is InChI=1S/C27H32O3/c1-3-5-21-8-14-24(15-9-21)27(28)30-26-18-12-23(13-19-26)7-6-22-10-16-25(17-11-22)29-20-4-2/h10-13,16-19,21,24H,3-5,8-9,14-15,20H2,1-2H3. The molecule has 0 unspecified atom stereocenters. The Hall–Kier alpha value is -2.73. The van der Waals surface area contributed by atoms with Crippen molar-refractivity contribution in [2.75, 3.05) is 6.61 Å². The first-order chi connectivity index (χ1) is 14.7. The fraction of sp³-hybridized carbons (Fsp3) is 0.444. The van der Waals surface area contributed by atoms with Crippen molar-refractivity contribution in [2.24, 2.45) is 11.8 Å². The van der Waals surface area contributed by atoms with E-state index >= 15 is 0 Å². The first-order valence-electron chi connectivity index (χ1n) is 11.2. The third-order valence-corrected chi connectivity index (χ3v) is 5.63. The van der Waals surface area contributed by atoms with Gasteiger partial charge in [-0.3, -0.25) is 4.79 Å². The van der Waals surface area contributed by atoms with Crippen molar-refractivity contribution in [3.8, 4) is 23.3 Å². The summed E-state index contributed by atoms with van der Waals surface area (Å²) < 4.78 is 11.2. The lowest BCUT2D eigenvalue weighted by molar-refractivity contribution is -0.140. The van der Waals surface area contributed by atoms with Gasteiger partial charge in [-0.25, -0.2) is 0 Å². The van der Waals surface area contributed by atoms with Gasteiger partial charge in [-0.1, -0.05) is 38.5 Å². The first kappa shape index (κ1) is 22.0. The predicted octanol–water partition coefficient (Wildman–Crippen LogP) is 6.39. The van der Waals surface area contributed by atoms with Gasteiger partial charge >= 0.3 is 5.97 Å². The lowest BCUT2D eigenvalue weighted by atomic mass is 9.80. The summed E-state index contributed by atoms with van der Waals surface area (Å²) in [4.78, 5) is 12.5. The van der Waals surface area contributed by atoms with Gasteiger partial charge in [0.05, 0.1) is 12.5 Å². The van der Waals surface area contributed by atoms with Crippen LogP contribution in [0, 0.1) is 23.7 Å². The highest BCUT2D eigenvalue weighted by Crippen LogP contribution is 2.32. The van der Waals surface area contributed by atoms with Crippen LogP contribution in [-0.4, -0.2) is 12.6 Å². The van der Waals surface area contributed by atoms with Crippen molar-refractivity contribution in [2.45, 2.75) is 58.8 Å². The zero-order valence-electron chi connectivity index (χ0n) is 18.2. The predicted molar refractivity (Wildman–Crippen MR) is 121 cm³/mol. The van der Waals surface area contributed by atoms with E-state index in [-0.39, 0.29) is 11.9 Å². The summed E-state index contributed by atoms with van der Waals surface area (Å²) in [7, 11) is 0. The molecule has 1 fully saturated rings. The third kappa shape index (κ3) is 6.66. The summed E-state index contributed by atoms with van der Waals surface area (Å²) in [6.45, 7) is 5.04. The Morgan fingerprint density at radius 2 is 1.40 bits per heavy atom. The lowest BCUT2D eigenvalue weighted by Crippen LogP contribution is -2.25. The first-order valence-corrected chi connectivity index (χ1v) is 11.2. The smallest absolute Gasteiger partial charge is 0.314 e. The van der Waals surface area contributed by atoms with Crippen LogP contribution in [0.3, 0.4) is 0 Å². The second kappa shape index (κ2) is 11.5. The van der Waals surface area contributed by atoms with Gasteiger partial charge in [-0.15, -0.1) is 0 Å². The van der Waals surface area contributed by atoms with Gasteiger partial charge in [0.1, 0.15) is 11.5 Å². The number of hydrogen-bond donors (Lipinski definition) is 0. The molecule has 1 aliphatic rings. The Kier molecular flexibility index (Phi) is 8.39. The molecule has 0 aliphatic heterocycles. The second-order valence-corrected chi connectivity index (χ2v) is 8.07. The van der Waals surface area contributed by atoms with E-state index in [4.69, 9.17) is 9.47 Å². The van der Waals surface area contributed by atoms with Crippen LogP contribution in [0.5, 0.6) is 11.5 Å². The molecular formula is C27H32O3. The molecule has 2 aromatic carbocycles. The van der Waals surface area contributed by atoms with Crippen molar-refractivity contribution in [1.29, 1.82) is 0 Å². The Labute approximate surface area is 180 Å². The average Bonchev–Trinajstić information content (AvgIpc) is 2.78. The molecule has 0 bridgehead atoms. The highest BCUT2D eigenvalue weighted by Gasteiger charge is 2.27. The molecule has 0 atom stereocenters. The van der Waals surface area contributed by atoms with Crippen molar-refractivity contribution in [1.82, 2.24) is 0 Å². The van der Waals surface area contributed by atoms with Gasteiger partial charge in [0.15, 0.2) is 0 Å². The molecular weight excluding hydrogens is 372 g/mol. The zero-order valence-corrected chi connectivity index (χ0v) is 18.2. The summed E-state index contributed by atoms with van der Waals surface area (Å²) in [5.41, 5.74) is 1.83. The van der Waals surface area contributed by atoms with Crippen LogP contribution in [0.1, 0.15) is 69.9 Å². The van der Waals surface area contributed by atoms with E-state index in [2.05, 4.69) is 25.7 Å². The molecule has 3 nitrogen and oxygen atoms in total. The number of benzene rings is 2. The number of carbonyl (C=O) groups excluding carboxylic acids is 1. The van der Waals surface area contributed by atoms with Crippen molar-refractivity contribution in [3.63, 3.8) is 0 Å². The van der Waals surface area contributed by atoms with E-state index in [9.17, 15) is 4.79 Å². The van der Waals surface area contributed by atoms with E-state index in [0.29, 0.717) is 5.75 Å². The molecule has 0 saturated heterocycles. The topological polar surface area (TPSA) is 35.5 Å². The van der Waals surface area contributed by atoms with Crippen LogP contribution in [0.25, 0.3) is 0 Å². The highest BCUT2D eigenvalue weighted by molar-refractivity contribution is 5.75. The van der Waals surface area contributed by atoms with Crippen LogP contribution < -0.4 is 9.47 Å². The molecule has 2 aromatic rings. The normalized spacial score (nSPS) is 18.2. The molecule has 158 valence electrons. The third-order valence-electron chi connectivity index (χ3n) is 5.63. The zero-order chi connectivity index (χ0) is 21.2. The molecule has 0 spiro atoms. The van der Waals surface area contributed by atoms with Crippen molar-refractivity contribution >= 4 is 5.97 Å². The quantitative estimate of drug-likeness (QED) is 0.305. The summed E-state index contributed by atoms with van der Waals surface area (Å²) >= 11 is 0. The van der Waals surface area contributed by atoms with Gasteiger partial charge in [0.25, 0.3) is 0 Å². The highest BCUT2D eigenvalue weighted by atomic mass is 16.5. The fourth-order valence-corrected chi connectivity index (χ4v) is 3.90. The second-order valence-electron chi connectivity index (χ2n) is 8.07. The minimum absolute atomic E-state index is 0.0434. The minimum Gasteiger partial charge on any atom is -0.494 e. The fourth-order valence-electron chi connectivity index (χ4n) is 3.90. The van der Waals surface area contributed by atoms with E-state index in [0.717, 1.165) is 61.5 Å². The summed E-state index contributed by atoms with van der Waals surface area (Å²) in [5.74, 6) is 8.52. The maximum absolute atomic E-state index is 12.5. The van der Waals surface area contributed by atoms with Crippen molar-refractivity contribution < 1.29 is 14.3 Å². The SMILES string of the molecule is CCCOc1ccc(C#Cc2ccc(OC(=O)C3CCC(CCC)CC3)cc2)cc1. The van der Waals surface area contributed by atoms with Gasteiger partial charge in [0, 0.05) is 11.1 Å². The Bertz CT molecular complexity index is 848. The van der Waals surface area contributed by atoms with Crippen molar-refractivity contribution in [3.05, 3.63) is 59.7 Å². The summed E-state index contributed by atoms with van der Waals surface area (Å²) in [6, 6.07) is 15.3. The molecule has 3 heteroatoms. The van der Waals surface area contributed by atoms with E-state index in [1.54, 1.807) is 0 Å². The van der Waals surface area contributed by atoms with Crippen LogP contribution in [0.4, 0.5) is 0 Å². The van der Waals surface area contributed by atoms with Crippen LogP contribution >= 0.6 is 0 Å². The van der Waals surface area contributed by atoms with Crippen LogP contribution in [0.2, 0.25) is 0 Å². The van der Waals surface area contributed by atoms with E-state index in [1.165, 1.54) is 12.8 Å². The molecule has 0 amide bonds. The van der Waals surface area contributed by atoms with E-state index in [1.807, 2.05) is 48.5 Å². The number of rotatable bonds is 7. The van der Waals surface area contributed by atoms with Gasteiger partial charge < -0.3 is 9.47 Å². The average molecular weight is 405 g/mol. The molecule has 0 radical (unpaired) electrons. The largest absolute Gasteiger partial charge is 0.494 e. The Morgan fingerprint density at radius 1 is 0.833 bits per heavy atom. The molecule has 1 saturated carbocycles. The number of ether oxygens (including phenoxy) is 2. The molecule has 1 aliphatic carbocycles. The Balaban J connectivity index is 1.51. The Morgan fingerprint density at radius 3 is 1.93 bits per heavy atom. The molecule has 30 heavy (non-hydrogen) atoms.